The molecule has 22 heavy (non-hydrogen) atoms. The molecule has 1 aliphatic rings. The van der Waals surface area contributed by atoms with Crippen LogP contribution in [0.4, 0.5) is 5.82 Å². The number of aromatic nitrogens is 2. The Hall–Kier alpha value is -2.50. The number of nitrogens with zero attached hydrogens (tertiary/aromatic N) is 1. The van der Waals surface area contributed by atoms with E-state index in [2.05, 4.69) is 15.5 Å². The molecule has 116 valence electrons. The third-order valence-corrected chi connectivity index (χ3v) is 3.62. The smallest absolute Gasteiger partial charge is 0.263 e. The molecule has 0 saturated heterocycles. The SMILES string of the molecule is COc1ccc(OCC(=O)Nc2cc(C3CC3)[nH]n2)cc1C. The molecule has 6 nitrogen and oxygen atoms in total. The second kappa shape index (κ2) is 6.09. The van der Waals surface area contributed by atoms with Crippen LogP contribution < -0.4 is 14.8 Å². The number of anilines is 1. The van der Waals surface area contributed by atoms with Crippen molar-refractivity contribution < 1.29 is 14.3 Å². The molecule has 1 aromatic carbocycles. The number of aryl methyl sites for hydroxylation is 1. The summed E-state index contributed by atoms with van der Waals surface area (Å²) in [4.78, 5) is 11.9. The summed E-state index contributed by atoms with van der Waals surface area (Å²) >= 11 is 0. The summed E-state index contributed by atoms with van der Waals surface area (Å²) in [5, 5.41) is 9.75. The first-order valence-corrected chi connectivity index (χ1v) is 7.28. The van der Waals surface area contributed by atoms with E-state index in [9.17, 15) is 4.79 Å². The Kier molecular flexibility index (Phi) is 4.00. The fourth-order valence-corrected chi connectivity index (χ4v) is 2.27. The minimum Gasteiger partial charge on any atom is -0.496 e. The maximum Gasteiger partial charge on any atom is 0.263 e. The van der Waals surface area contributed by atoms with Gasteiger partial charge >= 0.3 is 0 Å². The first kappa shape index (κ1) is 14.4. The number of hydrogen-bond donors (Lipinski definition) is 2. The van der Waals surface area contributed by atoms with Crippen molar-refractivity contribution in [3.63, 3.8) is 0 Å². The molecule has 2 N–H and O–H groups in total. The zero-order valence-electron chi connectivity index (χ0n) is 12.7. The molecule has 0 aliphatic heterocycles. The summed E-state index contributed by atoms with van der Waals surface area (Å²) in [5.41, 5.74) is 2.05. The van der Waals surface area contributed by atoms with Crippen LogP contribution in [0.15, 0.2) is 24.3 Å². The number of carbonyl (C=O) groups excluding carboxylic acids is 1. The minimum absolute atomic E-state index is 0.0581. The molecule has 0 atom stereocenters. The number of ether oxygens (including phenoxy) is 2. The number of hydrogen-bond acceptors (Lipinski definition) is 4. The van der Waals surface area contributed by atoms with E-state index in [0.29, 0.717) is 17.5 Å². The van der Waals surface area contributed by atoms with Crippen LogP contribution in [0.2, 0.25) is 0 Å². The van der Waals surface area contributed by atoms with Gasteiger partial charge in [0.05, 0.1) is 7.11 Å². The summed E-state index contributed by atoms with van der Waals surface area (Å²) in [6.45, 7) is 1.87. The molecule has 6 heteroatoms. The van der Waals surface area contributed by atoms with E-state index in [4.69, 9.17) is 9.47 Å². The Labute approximate surface area is 128 Å². The quantitative estimate of drug-likeness (QED) is 0.860. The monoisotopic (exact) mass is 301 g/mol. The standard InChI is InChI=1S/C16H19N3O3/c1-10-7-12(5-6-14(10)21-2)22-9-16(20)17-15-8-13(18-19-15)11-3-4-11/h5-8,11H,3-4,9H2,1-2H3,(H2,17,18,19,20). The molecule has 0 spiro atoms. The second-order valence-electron chi connectivity index (χ2n) is 5.45. The van der Waals surface area contributed by atoms with Gasteiger partial charge in [-0.05, 0) is 43.5 Å². The van der Waals surface area contributed by atoms with Crippen molar-refractivity contribution in [2.75, 3.05) is 19.0 Å². The highest BCUT2D eigenvalue weighted by atomic mass is 16.5. The zero-order valence-corrected chi connectivity index (χ0v) is 12.7. The van der Waals surface area contributed by atoms with Crippen molar-refractivity contribution in [3.8, 4) is 11.5 Å². The van der Waals surface area contributed by atoms with Gasteiger partial charge in [0, 0.05) is 17.7 Å². The van der Waals surface area contributed by atoms with Gasteiger partial charge < -0.3 is 14.8 Å². The van der Waals surface area contributed by atoms with Crippen molar-refractivity contribution in [1.29, 1.82) is 0 Å². The Morgan fingerprint density at radius 3 is 2.91 bits per heavy atom. The van der Waals surface area contributed by atoms with E-state index in [0.717, 1.165) is 17.0 Å². The third-order valence-electron chi connectivity index (χ3n) is 3.62. The minimum atomic E-state index is -0.234. The average Bonchev–Trinajstić information content (AvgIpc) is 3.26. The van der Waals surface area contributed by atoms with Gasteiger partial charge in [-0.1, -0.05) is 0 Å². The van der Waals surface area contributed by atoms with E-state index < -0.39 is 0 Å². The number of aromatic amines is 1. The summed E-state index contributed by atoms with van der Waals surface area (Å²) in [7, 11) is 1.62. The molecular formula is C16H19N3O3. The lowest BCUT2D eigenvalue weighted by atomic mass is 10.2. The van der Waals surface area contributed by atoms with E-state index in [1.807, 2.05) is 25.1 Å². The highest BCUT2D eigenvalue weighted by molar-refractivity contribution is 5.91. The number of rotatable bonds is 6. The van der Waals surface area contributed by atoms with E-state index in [1.54, 1.807) is 13.2 Å². The molecule has 0 radical (unpaired) electrons. The van der Waals surface area contributed by atoms with Gasteiger partial charge in [0.25, 0.3) is 5.91 Å². The molecule has 1 amide bonds. The predicted molar refractivity (Wildman–Crippen MR) is 82.4 cm³/mol. The lowest BCUT2D eigenvalue weighted by Crippen LogP contribution is -2.20. The molecule has 0 bridgehead atoms. The molecular weight excluding hydrogens is 282 g/mol. The van der Waals surface area contributed by atoms with Crippen molar-refractivity contribution in [2.45, 2.75) is 25.7 Å². The number of amides is 1. The Morgan fingerprint density at radius 1 is 1.41 bits per heavy atom. The molecule has 1 fully saturated rings. The Balaban J connectivity index is 1.51. The van der Waals surface area contributed by atoms with Gasteiger partial charge in [0.1, 0.15) is 11.5 Å². The summed E-state index contributed by atoms with van der Waals surface area (Å²) in [5.74, 6) is 2.32. The highest BCUT2D eigenvalue weighted by Gasteiger charge is 2.25. The average molecular weight is 301 g/mol. The van der Waals surface area contributed by atoms with Crippen molar-refractivity contribution in [2.24, 2.45) is 0 Å². The number of nitrogens with one attached hydrogen (secondary N) is 2. The summed E-state index contributed by atoms with van der Waals surface area (Å²) in [6.07, 6.45) is 2.38. The van der Waals surface area contributed by atoms with Gasteiger partial charge in [-0.2, -0.15) is 5.10 Å². The summed E-state index contributed by atoms with van der Waals surface area (Å²) < 4.78 is 10.7. The van der Waals surface area contributed by atoms with Crippen molar-refractivity contribution in [3.05, 3.63) is 35.5 Å². The normalized spacial score (nSPS) is 13.7. The van der Waals surface area contributed by atoms with Gasteiger partial charge in [0.2, 0.25) is 0 Å². The first-order valence-electron chi connectivity index (χ1n) is 7.28. The lowest BCUT2D eigenvalue weighted by molar-refractivity contribution is -0.118. The third kappa shape index (κ3) is 3.39. The maximum absolute atomic E-state index is 11.9. The fraction of sp³-hybridized carbons (Fsp3) is 0.375. The van der Waals surface area contributed by atoms with E-state index in [1.165, 1.54) is 12.8 Å². The Morgan fingerprint density at radius 2 is 2.23 bits per heavy atom. The van der Waals surface area contributed by atoms with Crippen LogP contribution in [-0.4, -0.2) is 29.8 Å². The maximum atomic E-state index is 11.9. The molecule has 2 aromatic rings. The molecule has 1 aromatic heterocycles. The molecule has 1 saturated carbocycles. The zero-order chi connectivity index (χ0) is 15.5. The lowest BCUT2D eigenvalue weighted by Gasteiger charge is -2.09. The van der Waals surface area contributed by atoms with E-state index in [-0.39, 0.29) is 12.5 Å². The van der Waals surface area contributed by atoms with Crippen LogP contribution in [0, 0.1) is 6.92 Å². The predicted octanol–water partition coefficient (Wildman–Crippen LogP) is 2.62. The van der Waals surface area contributed by atoms with Crippen LogP contribution in [0.25, 0.3) is 0 Å². The summed E-state index contributed by atoms with van der Waals surface area (Å²) in [6, 6.07) is 7.32. The topological polar surface area (TPSA) is 76.2 Å². The fourth-order valence-electron chi connectivity index (χ4n) is 2.27. The van der Waals surface area contributed by atoms with Crippen LogP contribution >= 0.6 is 0 Å². The molecule has 0 unspecified atom stereocenters. The molecule has 3 rings (SSSR count). The van der Waals surface area contributed by atoms with Gasteiger partial charge in [-0.3, -0.25) is 9.89 Å². The van der Waals surface area contributed by atoms with Crippen LogP contribution in [0.1, 0.15) is 30.0 Å². The van der Waals surface area contributed by atoms with Gasteiger partial charge in [0.15, 0.2) is 12.4 Å². The van der Waals surface area contributed by atoms with Gasteiger partial charge in [-0.15, -0.1) is 0 Å². The highest BCUT2D eigenvalue weighted by Crippen LogP contribution is 2.39. The number of carbonyl (C=O) groups is 1. The van der Waals surface area contributed by atoms with E-state index >= 15 is 0 Å². The Bertz CT molecular complexity index is 677. The number of methoxy groups -OCH3 is 1. The largest absolute Gasteiger partial charge is 0.496 e. The van der Waals surface area contributed by atoms with Crippen LogP contribution in [0.3, 0.4) is 0 Å². The van der Waals surface area contributed by atoms with Crippen LogP contribution in [0.5, 0.6) is 11.5 Å². The first-order chi connectivity index (χ1) is 10.7. The van der Waals surface area contributed by atoms with Crippen molar-refractivity contribution >= 4 is 11.7 Å². The van der Waals surface area contributed by atoms with Gasteiger partial charge in [-0.25, -0.2) is 0 Å². The molecule has 1 aliphatic carbocycles. The van der Waals surface area contributed by atoms with Crippen LogP contribution in [-0.2, 0) is 4.79 Å². The number of benzene rings is 1. The second-order valence-corrected chi connectivity index (χ2v) is 5.45. The number of H-pyrrole nitrogens is 1. The molecule has 1 heterocycles. The van der Waals surface area contributed by atoms with Crippen molar-refractivity contribution in [1.82, 2.24) is 10.2 Å².